The summed E-state index contributed by atoms with van der Waals surface area (Å²) in [5.41, 5.74) is 1.68. The van der Waals surface area contributed by atoms with Gasteiger partial charge in [-0.15, -0.1) is 0 Å². The van der Waals surface area contributed by atoms with E-state index in [1.54, 1.807) is 12.1 Å². The van der Waals surface area contributed by atoms with Crippen molar-refractivity contribution < 1.29 is 45.1 Å². The predicted octanol–water partition coefficient (Wildman–Crippen LogP) is 6.51. The smallest absolute Gasteiger partial charge is 0.294 e. The summed E-state index contributed by atoms with van der Waals surface area (Å²) < 4.78 is 63.1. The maximum Gasteiger partial charge on any atom is 0.294 e. The van der Waals surface area contributed by atoms with E-state index in [-0.39, 0.29) is 42.6 Å². The third kappa shape index (κ3) is 10.4. The molecule has 0 unspecified atom stereocenters. The highest BCUT2D eigenvalue weighted by atomic mass is 35.5. The largest absolute Gasteiger partial charge is 0.324 e. The van der Waals surface area contributed by atoms with Crippen LogP contribution in [0.2, 0.25) is 10.0 Å². The van der Waals surface area contributed by atoms with E-state index < -0.39 is 55.7 Å². The molecule has 4 rings (SSSR count). The number of halogens is 2. The van der Waals surface area contributed by atoms with Gasteiger partial charge in [-0.25, -0.2) is 0 Å². The molecule has 0 saturated heterocycles. The van der Waals surface area contributed by atoms with Gasteiger partial charge in [0.15, 0.2) is 11.6 Å². The molecule has 0 spiro atoms. The molecule has 4 N–H and O–H groups in total. The summed E-state index contributed by atoms with van der Waals surface area (Å²) in [6.07, 6.45) is 0. The number of Topliss-reactive ketones (excluding diaryl/α,β-unsaturated/α-hetero) is 2. The van der Waals surface area contributed by atoms with E-state index >= 15 is 0 Å². The Morgan fingerprint density at radius 1 is 0.577 bits per heavy atom. The van der Waals surface area contributed by atoms with Gasteiger partial charge in [0.05, 0.1) is 19.8 Å². The minimum Gasteiger partial charge on any atom is -0.324 e. The molecule has 270 valence electrons. The van der Waals surface area contributed by atoms with Crippen molar-refractivity contribution in [2.24, 2.45) is 20.5 Å². The zero-order chi connectivity index (χ0) is 38.4. The van der Waals surface area contributed by atoms with Crippen molar-refractivity contribution >= 4 is 89.6 Å². The quantitative estimate of drug-likeness (QED) is 0.0649. The molecule has 4 aromatic rings. The first kappa shape index (κ1) is 39.5. The van der Waals surface area contributed by atoms with Crippen LogP contribution in [0.3, 0.4) is 0 Å². The van der Waals surface area contributed by atoms with Gasteiger partial charge in [-0.1, -0.05) is 35.3 Å². The summed E-state index contributed by atoms with van der Waals surface area (Å²) in [5, 5.41) is 20.7. The lowest BCUT2D eigenvalue weighted by Crippen LogP contribution is -2.31. The first-order valence-corrected chi connectivity index (χ1v) is 18.2. The summed E-state index contributed by atoms with van der Waals surface area (Å²) in [5.74, 6) is -2.98. The molecule has 52 heavy (non-hydrogen) atoms. The van der Waals surface area contributed by atoms with Gasteiger partial charge < -0.3 is 10.6 Å². The van der Waals surface area contributed by atoms with Gasteiger partial charge in [0.25, 0.3) is 32.1 Å². The predicted molar refractivity (Wildman–Crippen MR) is 190 cm³/mol. The van der Waals surface area contributed by atoms with E-state index in [9.17, 15) is 36.0 Å². The molecule has 0 bridgehead atoms. The van der Waals surface area contributed by atoms with Gasteiger partial charge in [0.1, 0.15) is 11.4 Å². The van der Waals surface area contributed by atoms with Crippen molar-refractivity contribution in [1.29, 1.82) is 0 Å². The second-order valence-corrected chi connectivity index (χ2v) is 14.4. The second-order valence-electron chi connectivity index (χ2n) is 10.8. The van der Waals surface area contributed by atoms with Crippen LogP contribution in [0.1, 0.15) is 13.8 Å². The van der Waals surface area contributed by atoms with Gasteiger partial charge in [0.2, 0.25) is 12.1 Å². The molecule has 0 radical (unpaired) electrons. The van der Waals surface area contributed by atoms with Crippen molar-refractivity contribution in [3.63, 3.8) is 0 Å². The van der Waals surface area contributed by atoms with Crippen molar-refractivity contribution in [3.05, 3.63) is 95.0 Å². The zero-order valence-electron chi connectivity index (χ0n) is 26.8. The molecule has 16 nitrogen and oxygen atoms in total. The summed E-state index contributed by atoms with van der Waals surface area (Å²) in [6, 6.07) is 15.3. The number of anilines is 2. The van der Waals surface area contributed by atoms with Crippen LogP contribution < -0.4 is 10.6 Å². The van der Waals surface area contributed by atoms with Crippen LogP contribution in [-0.2, 0) is 39.4 Å². The molecule has 0 fully saturated rings. The molecule has 20 heteroatoms. The van der Waals surface area contributed by atoms with Gasteiger partial charge in [0, 0.05) is 11.4 Å². The zero-order valence-corrected chi connectivity index (χ0v) is 29.9. The Kier molecular flexibility index (Phi) is 12.5. The number of rotatable bonds is 13. The highest BCUT2D eigenvalue weighted by molar-refractivity contribution is 7.86. The third-order valence-corrected chi connectivity index (χ3v) is 9.24. The van der Waals surface area contributed by atoms with Gasteiger partial charge >= 0.3 is 0 Å². The van der Waals surface area contributed by atoms with Crippen molar-refractivity contribution in [1.82, 2.24) is 0 Å². The number of hydrogen-bond donors (Lipinski definition) is 4. The Hall–Kier alpha value is -5.24. The fraction of sp³-hybridized carbons (Fsp3) is 0.125. The van der Waals surface area contributed by atoms with E-state index in [4.69, 9.17) is 32.3 Å². The fourth-order valence-electron chi connectivity index (χ4n) is 4.25. The van der Waals surface area contributed by atoms with Crippen LogP contribution in [0.4, 0.5) is 22.7 Å². The molecule has 0 aliphatic heterocycles. The van der Waals surface area contributed by atoms with Crippen LogP contribution in [0.25, 0.3) is 11.1 Å². The van der Waals surface area contributed by atoms with Crippen LogP contribution in [0, 0.1) is 0 Å². The van der Waals surface area contributed by atoms with E-state index in [1.807, 2.05) is 0 Å². The number of nitrogens with one attached hydrogen (secondary N) is 2. The Balaban J connectivity index is 1.45. The normalized spacial score (nSPS) is 13.1. The number of ketones is 2. The highest BCUT2D eigenvalue weighted by Gasteiger charge is 2.25. The van der Waals surface area contributed by atoms with E-state index in [1.165, 1.54) is 48.5 Å². The number of nitrogens with zero attached hydrogens (tertiary/aromatic N) is 4. The van der Waals surface area contributed by atoms with Gasteiger partial charge in [-0.2, -0.15) is 37.3 Å². The molecule has 4 aromatic carbocycles. The molecule has 0 saturated carbocycles. The molecular formula is C32H26Cl2N6O10S2. The number of amides is 2. The summed E-state index contributed by atoms with van der Waals surface area (Å²) in [6.45, 7) is 2.27. The number of carbonyl (C=O) groups excluding carboxylic acids is 4. The first-order chi connectivity index (χ1) is 24.3. The van der Waals surface area contributed by atoms with Crippen LogP contribution in [0.15, 0.2) is 115 Å². The standard InChI is InChI=1S/C32H26Cl2N6O10S2/c1-17(41)29(31(43)35-21-5-9-23(10-6-21)51(45,46)47)39-37-27-13-3-19(15-25(27)33)20-4-14-28(26(34)16-20)38-40-30(18(2)42)32(44)36-22-7-11-24(12-8-22)52(48,49)50/h3-16,29-30H,1-2H3,(H,35,43)(H,36,44)(H,45,46,47)(H,48,49,50)/t29-,30+. The van der Waals surface area contributed by atoms with Crippen molar-refractivity contribution in [2.75, 3.05) is 10.6 Å². The van der Waals surface area contributed by atoms with E-state index in [0.717, 1.165) is 38.1 Å². The molecule has 0 heterocycles. The lowest BCUT2D eigenvalue weighted by atomic mass is 10.0. The third-order valence-electron chi connectivity index (χ3n) is 6.90. The maximum atomic E-state index is 12.7. The molecule has 0 aromatic heterocycles. The van der Waals surface area contributed by atoms with Crippen molar-refractivity contribution in [3.8, 4) is 11.1 Å². The first-order valence-electron chi connectivity index (χ1n) is 14.5. The highest BCUT2D eigenvalue weighted by Crippen LogP contribution is 2.35. The SMILES string of the molecule is CC(=O)[C@@H](N=Nc1ccc(-c2ccc(N=N[C@@H](C(C)=O)C(=O)Nc3ccc(S(=O)(=O)O)cc3)c(Cl)c2)cc1Cl)C(=O)Nc1ccc(S(=O)(=O)O)cc1. The lowest BCUT2D eigenvalue weighted by molar-refractivity contribution is -0.127. The Morgan fingerprint density at radius 3 is 1.17 bits per heavy atom. The molecule has 0 aliphatic rings. The Labute approximate surface area is 306 Å². The lowest BCUT2D eigenvalue weighted by Gasteiger charge is -2.10. The number of carbonyl (C=O) groups is 4. The molecule has 0 aliphatic carbocycles. The average Bonchev–Trinajstić information content (AvgIpc) is 3.05. The van der Waals surface area contributed by atoms with Gasteiger partial charge in [-0.3, -0.25) is 28.3 Å². The summed E-state index contributed by atoms with van der Waals surface area (Å²) in [4.78, 5) is 49.1. The Bertz CT molecular complexity index is 2170. The van der Waals surface area contributed by atoms with E-state index in [2.05, 4.69) is 31.1 Å². The Morgan fingerprint density at radius 2 is 0.904 bits per heavy atom. The van der Waals surface area contributed by atoms with Crippen LogP contribution in [0.5, 0.6) is 0 Å². The molecule has 2 atom stereocenters. The molecular weight excluding hydrogens is 763 g/mol. The molecule has 2 amide bonds. The number of benzene rings is 4. The number of azo groups is 2. The number of hydrogen-bond acceptors (Lipinski definition) is 12. The second kappa shape index (κ2) is 16.4. The van der Waals surface area contributed by atoms with E-state index in [0.29, 0.717) is 11.1 Å². The summed E-state index contributed by atoms with van der Waals surface area (Å²) >= 11 is 12.8. The monoisotopic (exact) mass is 788 g/mol. The fourth-order valence-corrected chi connectivity index (χ4v) is 5.65. The van der Waals surface area contributed by atoms with Crippen LogP contribution in [-0.4, -0.2) is 61.4 Å². The minimum atomic E-state index is -4.44. The summed E-state index contributed by atoms with van der Waals surface area (Å²) in [7, 11) is -8.87. The topological polar surface area (TPSA) is 251 Å². The van der Waals surface area contributed by atoms with Crippen LogP contribution >= 0.6 is 23.2 Å². The minimum absolute atomic E-state index is 0.104. The van der Waals surface area contributed by atoms with Crippen molar-refractivity contribution in [2.45, 2.75) is 35.7 Å². The average molecular weight is 790 g/mol. The van der Waals surface area contributed by atoms with Gasteiger partial charge in [-0.05, 0) is 97.8 Å². The maximum absolute atomic E-state index is 12.7.